The molecule has 3 rings (SSSR count). The van der Waals surface area contributed by atoms with Crippen molar-refractivity contribution in [3.63, 3.8) is 0 Å². The van der Waals surface area contributed by atoms with Gasteiger partial charge in [-0.2, -0.15) is 8.42 Å². The molecule has 1 fully saturated rings. The smallest absolute Gasteiger partial charge is 0.339 e. The Balaban J connectivity index is 1.73. The molecular formula is C20H23NO5S. The molecule has 1 aliphatic heterocycles. The van der Waals surface area contributed by atoms with Crippen LogP contribution in [-0.2, 0) is 19.6 Å². The van der Waals surface area contributed by atoms with Gasteiger partial charge in [-0.1, -0.05) is 30.3 Å². The van der Waals surface area contributed by atoms with Crippen molar-refractivity contribution in [1.29, 1.82) is 0 Å². The molecule has 0 N–H and O–H groups in total. The molecule has 2 aromatic rings. The molecule has 144 valence electrons. The van der Waals surface area contributed by atoms with Gasteiger partial charge in [-0.25, -0.2) is 0 Å². The first kappa shape index (κ1) is 19.4. The third-order valence-corrected chi connectivity index (χ3v) is 5.62. The summed E-state index contributed by atoms with van der Waals surface area (Å²) < 4.78 is 35.4. The number of amides is 1. The lowest BCUT2D eigenvalue weighted by Gasteiger charge is -2.41. The first-order valence-corrected chi connectivity index (χ1v) is 10.1. The van der Waals surface area contributed by atoms with Gasteiger partial charge in [0, 0.05) is 5.54 Å². The summed E-state index contributed by atoms with van der Waals surface area (Å²) in [6, 6.07) is 14.7. The van der Waals surface area contributed by atoms with E-state index >= 15 is 0 Å². The van der Waals surface area contributed by atoms with E-state index < -0.39 is 10.1 Å². The van der Waals surface area contributed by atoms with Gasteiger partial charge >= 0.3 is 10.1 Å². The topological polar surface area (TPSA) is 72.9 Å². The van der Waals surface area contributed by atoms with Gasteiger partial charge < -0.3 is 13.8 Å². The summed E-state index contributed by atoms with van der Waals surface area (Å²) >= 11 is 0. The standard InChI is InChI=1S/C20H23NO5S/c1-20(2,3)21-13-18(25-14-19(21)22)15-9-11-16(12-10-15)26-27(23,24)17-7-5-4-6-8-17/h4-12,18H,13-14H2,1-3H3/t18-/m0/s1. The number of carbonyl (C=O) groups excluding carboxylic acids is 1. The van der Waals surface area contributed by atoms with E-state index in [1.54, 1.807) is 47.4 Å². The zero-order valence-corrected chi connectivity index (χ0v) is 16.4. The number of ether oxygens (including phenoxy) is 1. The Bertz CT molecular complexity index is 902. The number of carbonyl (C=O) groups is 1. The van der Waals surface area contributed by atoms with Gasteiger partial charge in [-0.05, 0) is 50.6 Å². The summed E-state index contributed by atoms with van der Waals surface area (Å²) in [5.41, 5.74) is 0.576. The number of benzene rings is 2. The third-order valence-electron chi connectivity index (χ3n) is 4.36. The SMILES string of the molecule is CC(C)(C)N1C[C@@H](c2ccc(OS(=O)(=O)c3ccccc3)cc2)OCC1=O. The summed E-state index contributed by atoms with van der Waals surface area (Å²) in [5.74, 6) is 0.190. The van der Waals surface area contributed by atoms with Crippen molar-refractivity contribution in [3.8, 4) is 5.75 Å². The zero-order valence-electron chi connectivity index (χ0n) is 15.6. The normalized spacial score (nSPS) is 18.4. The summed E-state index contributed by atoms with van der Waals surface area (Å²) in [6.07, 6.45) is -0.262. The first-order chi connectivity index (χ1) is 12.7. The minimum atomic E-state index is -3.87. The fraction of sp³-hybridized carbons (Fsp3) is 0.350. The number of rotatable bonds is 4. The average molecular weight is 389 g/mol. The molecular weight excluding hydrogens is 366 g/mol. The Kier molecular flexibility index (Phi) is 5.26. The van der Waals surface area contributed by atoms with Crippen LogP contribution in [0.15, 0.2) is 59.5 Å². The molecule has 1 aliphatic rings. The van der Waals surface area contributed by atoms with Crippen LogP contribution in [0, 0.1) is 0 Å². The highest BCUT2D eigenvalue weighted by Gasteiger charge is 2.34. The molecule has 0 aromatic heterocycles. The first-order valence-electron chi connectivity index (χ1n) is 8.68. The fourth-order valence-corrected chi connectivity index (χ4v) is 3.87. The minimum absolute atomic E-state index is 0.0303. The second-order valence-corrected chi connectivity index (χ2v) is 8.94. The monoisotopic (exact) mass is 389 g/mol. The molecule has 0 unspecified atom stereocenters. The number of nitrogens with zero attached hydrogens (tertiary/aromatic N) is 1. The van der Waals surface area contributed by atoms with Crippen LogP contribution in [0.4, 0.5) is 0 Å². The molecule has 7 heteroatoms. The predicted molar refractivity (Wildman–Crippen MR) is 101 cm³/mol. The van der Waals surface area contributed by atoms with Crippen LogP contribution < -0.4 is 4.18 Å². The quantitative estimate of drug-likeness (QED) is 0.751. The number of hydrogen-bond acceptors (Lipinski definition) is 5. The van der Waals surface area contributed by atoms with Crippen molar-refractivity contribution < 1.29 is 22.1 Å². The summed E-state index contributed by atoms with van der Waals surface area (Å²) in [6.45, 7) is 6.43. The van der Waals surface area contributed by atoms with Crippen molar-refractivity contribution in [3.05, 3.63) is 60.2 Å². The van der Waals surface area contributed by atoms with E-state index in [1.165, 1.54) is 12.1 Å². The summed E-state index contributed by atoms with van der Waals surface area (Å²) in [5, 5.41) is 0. The van der Waals surface area contributed by atoms with E-state index in [1.807, 2.05) is 20.8 Å². The molecule has 1 atom stereocenters. The lowest BCUT2D eigenvalue weighted by Crippen LogP contribution is -2.52. The molecule has 6 nitrogen and oxygen atoms in total. The largest absolute Gasteiger partial charge is 0.379 e. The van der Waals surface area contributed by atoms with E-state index in [-0.39, 0.29) is 34.8 Å². The Labute approximate surface area is 159 Å². The van der Waals surface area contributed by atoms with Gasteiger partial charge in [0.05, 0.1) is 6.54 Å². The van der Waals surface area contributed by atoms with Crippen molar-refractivity contribution in [2.45, 2.75) is 37.3 Å². The van der Waals surface area contributed by atoms with E-state index in [0.29, 0.717) is 6.54 Å². The molecule has 2 aromatic carbocycles. The summed E-state index contributed by atoms with van der Waals surface area (Å²) in [7, 11) is -3.87. The second kappa shape index (κ2) is 7.32. The van der Waals surface area contributed by atoms with Gasteiger partial charge in [0.25, 0.3) is 0 Å². The Morgan fingerprint density at radius 1 is 1.04 bits per heavy atom. The van der Waals surface area contributed by atoms with Gasteiger partial charge in [0.2, 0.25) is 5.91 Å². The van der Waals surface area contributed by atoms with Crippen LogP contribution in [0.5, 0.6) is 5.75 Å². The maximum absolute atomic E-state index is 12.3. The van der Waals surface area contributed by atoms with Crippen molar-refractivity contribution >= 4 is 16.0 Å². The highest BCUT2D eigenvalue weighted by Crippen LogP contribution is 2.29. The lowest BCUT2D eigenvalue weighted by molar-refractivity contribution is -0.156. The molecule has 1 saturated heterocycles. The number of hydrogen-bond donors (Lipinski definition) is 0. The molecule has 0 saturated carbocycles. The third kappa shape index (κ3) is 4.48. The van der Waals surface area contributed by atoms with E-state index in [9.17, 15) is 13.2 Å². The lowest BCUT2D eigenvalue weighted by atomic mass is 10.0. The van der Waals surface area contributed by atoms with Crippen molar-refractivity contribution in [1.82, 2.24) is 4.90 Å². The van der Waals surface area contributed by atoms with Crippen LogP contribution in [0.3, 0.4) is 0 Å². The van der Waals surface area contributed by atoms with Crippen LogP contribution >= 0.6 is 0 Å². The van der Waals surface area contributed by atoms with E-state index in [4.69, 9.17) is 8.92 Å². The average Bonchev–Trinajstić information content (AvgIpc) is 2.62. The molecule has 1 heterocycles. The summed E-state index contributed by atoms with van der Waals surface area (Å²) in [4.78, 5) is 14.0. The molecule has 1 amide bonds. The molecule has 27 heavy (non-hydrogen) atoms. The highest BCUT2D eigenvalue weighted by atomic mass is 32.2. The van der Waals surface area contributed by atoms with Crippen LogP contribution in [-0.4, -0.2) is 37.9 Å². The predicted octanol–water partition coefficient (Wildman–Crippen LogP) is 3.15. The van der Waals surface area contributed by atoms with Crippen LogP contribution in [0.1, 0.15) is 32.4 Å². The van der Waals surface area contributed by atoms with E-state index in [0.717, 1.165) is 5.56 Å². The van der Waals surface area contributed by atoms with Gasteiger partial charge in [-0.15, -0.1) is 0 Å². The van der Waals surface area contributed by atoms with Crippen LogP contribution in [0.2, 0.25) is 0 Å². The molecule has 0 bridgehead atoms. The number of morpholine rings is 1. The maximum Gasteiger partial charge on any atom is 0.339 e. The Morgan fingerprint density at radius 2 is 1.67 bits per heavy atom. The fourth-order valence-electron chi connectivity index (χ4n) is 2.92. The Morgan fingerprint density at radius 3 is 2.26 bits per heavy atom. The highest BCUT2D eigenvalue weighted by molar-refractivity contribution is 7.87. The molecule has 0 aliphatic carbocycles. The molecule has 0 spiro atoms. The van der Waals surface area contributed by atoms with Crippen molar-refractivity contribution in [2.75, 3.05) is 13.2 Å². The second-order valence-electron chi connectivity index (χ2n) is 7.39. The van der Waals surface area contributed by atoms with Gasteiger partial charge in [-0.3, -0.25) is 4.79 Å². The van der Waals surface area contributed by atoms with Gasteiger partial charge in [0.15, 0.2) is 0 Å². The maximum atomic E-state index is 12.3. The van der Waals surface area contributed by atoms with Gasteiger partial charge in [0.1, 0.15) is 23.4 Å². The zero-order chi connectivity index (χ0) is 19.7. The van der Waals surface area contributed by atoms with E-state index in [2.05, 4.69) is 0 Å². The Hall–Kier alpha value is -2.38. The molecule has 0 radical (unpaired) electrons. The van der Waals surface area contributed by atoms with Crippen LogP contribution in [0.25, 0.3) is 0 Å². The minimum Gasteiger partial charge on any atom is -0.379 e. The van der Waals surface area contributed by atoms with Crippen molar-refractivity contribution in [2.24, 2.45) is 0 Å².